The van der Waals surface area contributed by atoms with E-state index < -0.39 is 0 Å². The van der Waals surface area contributed by atoms with Crippen LogP contribution in [0.2, 0.25) is 5.02 Å². The predicted molar refractivity (Wildman–Crippen MR) is 73.9 cm³/mol. The van der Waals surface area contributed by atoms with E-state index in [1.807, 2.05) is 18.2 Å². The molecule has 0 saturated heterocycles. The number of hydrogen-bond donors (Lipinski definition) is 2. The third kappa shape index (κ3) is 2.30. The smallest absolute Gasteiger partial charge is 0.181 e. The molecule has 0 fully saturated rings. The zero-order valence-corrected chi connectivity index (χ0v) is 10.6. The number of para-hydroxylation sites is 1. The molecule has 0 aliphatic rings. The first kappa shape index (κ1) is 11.7. The molecule has 0 radical (unpaired) electrons. The normalized spacial score (nSPS) is 10.6. The third-order valence-electron chi connectivity index (χ3n) is 2.73. The Morgan fingerprint density at radius 1 is 1.05 bits per heavy atom. The van der Waals surface area contributed by atoms with Gasteiger partial charge in [0.1, 0.15) is 5.75 Å². The van der Waals surface area contributed by atoms with E-state index in [1.54, 1.807) is 30.3 Å². The molecule has 0 unspecified atom stereocenters. The Hall–Kier alpha value is -2.33. The van der Waals surface area contributed by atoms with Crippen molar-refractivity contribution in [2.75, 3.05) is 0 Å². The molecule has 3 aromatic rings. The Bertz CT molecular complexity index is 724. The summed E-state index contributed by atoms with van der Waals surface area (Å²) in [6, 6.07) is 14.3. The second kappa shape index (κ2) is 4.74. The molecule has 0 amide bonds. The molecular formula is C14H10ClN3O. The molecule has 2 aromatic carbocycles. The molecule has 0 aliphatic carbocycles. The van der Waals surface area contributed by atoms with Crippen LogP contribution in [-0.2, 0) is 0 Å². The highest BCUT2D eigenvalue weighted by molar-refractivity contribution is 6.30. The monoisotopic (exact) mass is 271 g/mol. The zero-order valence-electron chi connectivity index (χ0n) is 9.84. The fourth-order valence-corrected chi connectivity index (χ4v) is 2.00. The summed E-state index contributed by atoms with van der Waals surface area (Å²) < 4.78 is 0. The van der Waals surface area contributed by atoms with Crippen LogP contribution in [0.3, 0.4) is 0 Å². The summed E-state index contributed by atoms with van der Waals surface area (Å²) in [5, 5.41) is 17.4. The number of rotatable bonds is 2. The molecule has 94 valence electrons. The SMILES string of the molecule is Oc1ccccc1-c1nc(-c2cccc(Cl)c2)n[nH]1. The van der Waals surface area contributed by atoms with Gasteiger partial charge in [0, 0.05) is 10.6 Å². The van der Waals surface area contributed by atoms with E-state index in [9.17, 15) is 5.11 Å². The number of H-pyrrole nitrogens is 1. The van der Waals surface area contributed by atoms with E-state index in [0.717, 1.165) is 5.56 Å². The van der Waals surface area contributed by atoms with Gasteiger partial charge in [0.25, 0.3) is 0 Å². The molecule has 0 saturated carbocycles. The van der Waals surface area contributed by atoms with Gasteiger partial charge in [0.15, 0.2) is 11.6 Å². The first-order valence-corrected chi connectivity index (χ1v) is 6.08. The number of hydrogen-bond acceptors (Lipinski definition) is 3. The Balaban J connectivity index is 2.03. The number of phenols is 1. The maximum absolute atomic E-state index is 9.78. The number of halogens is 1. The van der Waals surface area contributed by atoms with Crippen LogP contribution in [0.5, 0.6) is 5.75 Å². The number of nitrogens with zero attached hydrogens (tertiary/aromatic N) is 2. The van der Waals surface area contributed by atoms with Gasteiger partial charge in [-0.1, -0.05) is 35.9 Å². The molecule has 5 heteroatoms. The summed E-state index contributed by atoms with van der Waals surface area (Å²) in [7, 11) is 0. The fraction of sp³-hybridized carbons (Fsp3) is 0. The lowest BCUT2D eigenvalue weighted by Crippen LogP contribution is -1.82. The Morgan fingerprint density at radius 3 is 2.68 bits per heavy atom. The first-order chi connectivity index (χ1) is 9.24. The van der Waals surface area contributed by atoms with Gasteiger partial charge in [-0.15, -0.1) is 0 Å². The van der Waals surface area contributed by atoms with Crippen molar-refractivity contribution in [2.45, 2.75) is 0 Å². The summed E-state index contributed by atoms with van der Waals surface area (Å²) in [5.41, 5.74) is 1.44. The second-order valence-electron chi connectivity index (χ2n) is 4.04. The molecule has 0 spiro atoms. The zero-order chi connectivity index (χ0) is 13.2. The molecule has 0 aliphatic heterocycles. The topological polar surface area (TPSA) is 61.8 Å². The first-order valence-electron chi connectivity index (χ1n) is 5.71. The minimum atomic E-state index is 0.163. The molecule has 0 atom stereocenters. The molecule has 2 N–H and O–H groups in total. The van der Waals surface area contributed by atoms with Crippen LogP contribution in [0.1, 0.15) is 0 Å². The van der Waals surface area contributed by atoms with Crippen molar-refractivity contribution in [2.24, 2.45) is 0 Å². The van der Waals surface area contributed by atoms with Crippen LogP contribution in [0, 0.1) is 0 Å². The van der Waals surface area contributed by atoms with Gasteiger partial charge in [-0.2, -0.15) is 5.10 Å². The number of aromatic amines is 1. The number of aromatic nitrogens is 3. The Labute approximate surface area is 114 Å². The molecule has 3 rings (SSSR count). The molecule has 1 aromatic heterocycles. The van der Waals surface area contributed by atoms with Gasteiger partial charge in [-0.3, -0.25) is 5.10 Å². The van der Waals surface area contributed by atoms with Gasteiger partial charge in [-0.25, -0.2) is 4.98 Å². The summed E-state index contributed by atoms with van der Waals surface area (Å²) in [6.45, 7) is 0. The van der Waals surface area contributed by atoms with E-state index in [0.29, 0.717) is 22.2 Å². The highest BCUT2D eigenvalue weighted by Gasteiger charge is 2.10. The molecule has 0 bridgehead atoms. The average Bonchev–Trinajstić information content (AvgIpc) is 2.89. The van der Waals surface area contributed by atoms with E-state index >= 15 is 0 Å². The van der Waals surface area contributed by atoms with Crippen molar-refractivity contribution in [1.82, 2.24) is 15.2 Å². The summed E-state index contributed by atoms with van der Waals surface area (Å²) in [6.07, 6.45) is 0. The van der Waals surface area contributed by atoms with Gasteiger partial charge < -0.3 is 5.11 Å². The van der Waals surface area contributed by atoms with Crippen molar-refractivity contribution in [3.63, 3.8) is 0 Å². The number of phenolic OH excluding ortho intramolecular Hbond substituents is 1. The van der Waals surface area contributed by atoms with Crippen LogP contribution in [0.25, 0.3) is 22.8 Å². The average molecular weight is 272 g/mol. The molecular weight excluding hydrogens is 262 g/mol. The van der Waals surface area contributed by atoms with E-state index in [1.165, 1.54) is 0 Å². The number of nitrogens with one attached hydrogen (secondary N) is 1. The minimum absolute atomic E-state index is 0.163. The highest BCUT2D eigenvalue weighted by Crippen LogP contribution is 2.27. The largest absolute Gasteiger partial charge is 0.507 e. The summed E-state index contributed by atoms with van der Waals surface area (Å²) >= 11 is 5.94. The van der Waals surface area contributed by atoms with Gasteiger partial charge in [-0.05, 0) is 24.3 Å². The summed E-state index contributed by atoms with van der Waals surface area (Å²) in [4.78, 5) is 4.37. The Morgan fingerprint density at radius 2 is 1.89 bits per heavy atom. The molecule has 4 nitrogen and oxygen atoms in total. The maximum Gasteiger partial charge on any atom is 0.181 e. The van der Waals surface area contributed by atoms with Gasteiger partial charge in [0.2, 0.25) is 0 Å². The second-order valence-corrected chi connectivity index (χ2v) is 4.47. The fourth-order valence-electron chi connectivity index (χ4n) is 1.81. The van der Waals surface area contributed by atoms with Gasteiger partial charge >= 0.3 is 0 Å². The number of aromatic hydroxyl groups is 1. The van der Waals surface area contributed by atoms with E-state index in [2.05, 4.69) is 15.2 Å². The van der Waals surface area contributed by atoms with Gasteiger partial charge in [0.05, 0.1) is 5.56 Å². The van der Waals surface area contributed by atoms with E-state index in [-0.39, 0.29) is 5.75 Å². The molecule has 1 heterocycles. The lowest BCUT2D eigenvalue weighted by molar-refractivity contribution is 0.477. The standard InChI is InChI=1S/C14H10ClN3O/c15-10-5-3-4-9(8-10)13-16-14(18-17-13)11-6-1-2-7-12(11)19/h1-8,19H,(H,16,17,18). The lowest BCUT2D eigenvalue weighted by Gasteiger charge is -1.98. The minimum Gasteiger partial charge on any atom is -0.507 e. The maximum atomic E-state index is 9.78. The van der Waals surface area contributed by atoms with Crippen LogP contribution in [-0.4, -0.2) is 20.3 Å². The summed E-state index contributed by atoms with van der Waals surface area (Å²) in [5.74, 6) is 1.23. The van der Waals surface area contributed by atoms with E-state index in [4.69, 9.17) is 11.6 Å². The van der Waals surface area contributed by atoms with Crippen molar-refractivity contribution in [3.05, 3.63) is 53.6 Å². The van der Waals surface area contributed by atoms with Crippen molar-refractivity contribution < 1.29 is 5.11 Å². The van der Waals surface area contributed by atoms with Crippen LogP contribution in [0.4, 0.5) is 0 Å². The van der Waals surface area contributed by atoms with Crippen LogP contribution < -0.4 is 0 Å². The molecule has 19 heavy (non-hydrogen) atoms. The predicted octanol–water partition coefficient (Wildman–Crippen LogP) is 3.50. The van der Waals surface area contributed by atoms with Crippen LogP contribution in [0.15, 0.2) is 48.5 Å². The van der Waals surface area contributed by atoms with Crippen molar-refractivity contribution in [3.8, 4) is 28.5 Å². The third-order valence-corrected chi connectivity index (χ3v) is 2.96. The lowest BCUT2D eigenvalue weighted by atomic mass is 10.2. The van der Waals surface area contributed by atoms with Crippen molar-refractivity contribution in [1.29, 1.82) is 0 Å². The van der Waals surface area contributed by atoms with Crippen LogP contribution >= 0.6 is 11.6 Å². The Kier molecular flexibility index (Phi) is 2.93. The highest BCUT2D eigenvalue weighted by atomic mass is 35.5. The quantitative estimate of drug-likeness (QED) is 0.750. The van der Waals surface area contributed by atoms with Crippen molar-refractivity contribution >= 4 is 11.6 Å². The number of benzene rings is 2.